The molecule has 1 unspecified atom stereocenters. The third-order valence-corrected chi connectivity index (χ3v) is 4.98. The largest absolute Gasteiger partial charge is 0.393 e. The number of anilines is 1. The fourth-order valence-electron chi connectivity index (χ4n) is 3.77. The van der Waals surface area contributed by atoms with Crippen molar-refractivity contribution in [1.29, 1.82) is 0 Å². The van der Waals surface area contributed by atoms with Crippen molar-refractivity contribution in [3.05, 3.63) is 42.0 Å². The molecule has 2 N–H and O–H groups in total. The first-order chi connectivity index (χ1) is 12.4. The zero-order chi connectivity index (χ0) is 20.4. The normalized spacial score (nSPS) is 14.4. The molecule has 4 heteroatoms. The quantitative estimate of drug-likeness (QED) is 0.680. The van der Waals surface area contributed by atoms with E-state index in [-0.39, 0.29) is 17.8 Å². The number of carbonyl (C=O) groups excluding carboxylic acids is 1. The van der Waals surface area contributed by atoms with E-state index in [2.05, 4.69) is 13.8 Å². The Kier molecular flexibility index (Phi) is 6.33. The molecule has 2 aromatic rings. The van der Waals surface area contributed by atoms with E-state index in [9.17, 15) is 15.0 Å². The van der Waals surface area contributed by atoms with Gasteiger partial charge >= 0.3 is 0 Å². The van der Waals surface area contributed by atoms with Crippen molar-refractivity contribution >= 4 is 22.2 Å². The summed E-state index contributed by atoms with van der Waals surface area (Å²) >= 11 is 0. The second kappa shape index (κ2) is 7.99. The summed E-state index contributed by atoms with van der Waals surface area (Å²) in [6, 6.07) is 11.9. The van der Waals surface area contributed by atoms with Crippen LogP contribution < -0.4 is 4.90 Å². The summed E-state index contributed by atoms with van der Waals surface area (Å²) in [5.74, 6) is 0.650. The Labute approximate surface area is 162 Å². The van der Waals surface area contributed by atoms with E-state index in [1.165, 1.54) is 0 Å². The fourth-order valence-corrected chi connectivity index (χ4v) is 3.77. The number of likely N-dealkylation sites (N-methyl/N-ethyl adjacent to an activating group) is 1. The third-order valence-electron chi connectivity index (χ3n) is 4.98. The molecular weight excluding hydrogens is 338 g/mol. The molecule has 1 atom stereocenters. The highest BCUT2D eigenvalue weighted by Gasteiger charge is 2.29. The molecule has 0 aliphatic heterocycles. The molecule has 0 saturated carbocycles. The summed E-state index contributed by atoms with van der Waals surface area (Å²) in [6.07, 6.45) is 0.860. The lowest BCUT2D eigenvalue weighted by molar-refractivity contribution is 0.00896. The summed E-state index contributed by atoms with van der Waals surface area (Å²) in [5, 5.41) is 21.4. The predicted molar refractivity (Wildman–Crippen MR) is 112 cm³/mol. The van der Waals surface area contributed by atoms with Crippen molar-refractivity contribution < 1.29 is 15.0 Å². The van der Waals surface area contributed by atoms with Crippen LogP contribution in [0.3, 0.4) is 0 Å². The Morgan fingerprint density at radius 3 is 2.26 bits per heavy atom. The van der Waals surface area contributed by atoms with Crippen molar-refractivity contribution in [2.75, 3.05) is 25.1 Å². The maximum atomic E-state index is 13.0. The predicted octanol–water partition coefficient (Wildman–Crippen LogP) is 4.27. The first-order valence-electron chi connectivity index (χ1n) is 9.58. The molecule has 2 rings (SSSR count). The molecule has 0 radical (unpaired) electrons. The van der Waals surface area contributed by atoms with Gasteiger partial charge in [-0.25, -0.2) is 0 Å². The monoisotopic (exact) mass is 371 g/mol. The Hall–Kier alpha value is -1.91. The maximum absolute atomic E-state index is 13.0. The first kappa shape index (κ1) is 21.4. The van der Waals surface area contributed by atoms with E-state index < -0.39 is 5.60 Å². The van der Waals surface area contributed by atoms with E-state index >= 15 is 0 Å². The van der Waals surface area contributed by atoms with E-state index in [0.29, 0.717) is 12.5 Å². The summed E-state index contributed by atoms with van der Waals surface area (Å²) in [7, 11) is 1.89. The van der Waals surface area contributed by atoms with Gasteiger partial charge in [-0.3, -0.25) is 4.79 Å². The van der Waals surface area contributed by atoms with Gasteiger partial charge in [-0.05, 0) is 48.2 Å². The van der Waals surface area contributed by atoms with Crippen LogP contribution in [-0.2, 0) is 0 Å². The lowest BCUT2D eigenvalue weighted by atomic mass is 9.77. The van der Waals surface area contributed by atoms with Crippen LogP contribution in [-0.4, -0.2) is 41.8 Å². The molecule has 0 aliphatic carbocycles. The molecule has 2 aromatic carbocycles. The van der Waals surface area contributed by atoms with Crippen molar-refractivity contribution in [3.63, 3.8) is 0 Å². The average molecular weight is 372 g/mol. The van der Waals surface area contributed by atoms with Gasteiger partial charge in [0.2, 0.25) is 0 Å². The first-order valence-corrected chi connectivity index (χ1v) is 9.58. The number of hydrogen-bond donors (Lipinski definition) is 2. The van der Waals surface area contributed by atoms with Crippen LogP contribution in [0, 0.1) is 11.3 Å². The maximum Gasteiger partial charge on any atom is 0.168 e. The molecule has 0 heterocycles. The van der Waals surface area contributed by atoms with Crippen LogP contribution in [0.4, 0.5) is 5.69 Å². The van der Waals surface area contributed by atoms with Gasteiger partial charge < -0.3 is 15.1 Å². The second-order valence-electron chi connectivity index (χ2n) is 9.07. The van der Waals surface area contributed by atoms with Crippen LogP contribution in [0.2, 0.25) is 0 Å². The van der Waals surface area contributed by atoms with Crippen LogP contribution in [0.1, 0.15) is 51.4 Å². The Bertz CT molecular complexity index is 808. The van der Waals surface area contributed by atoms with Gasteiger partial charge in [0.15, 0.2) is 5.78 Å². The summed E-state index contributed by atoms with van der Waals surface area (Å²) in [6.45, 7) is 9.97. The number of benzene rings is 2. The fraction of sp³-hybridized carbons (Fsp3) is 0.522. The Morgan fingerprint density at radius 1 is 1.07 bits per heavy atom. The number of Topliss-reactive ketones (excluding diaryl/α,β-unsaturated/α-hetero) is 1. The van der Waals surface area contributed by atoms with E-state index in [0.717, 1.165) is 28.4 Å². The highest BCUT2D eigenvalue weighted by Crippen LogP contribution is 2.31. The number of nitrogens with zero attached hydrogens (tertiary/aromatic N) is 1. The molecule has 0 spiro atoms. The van der Waals surface area contributed by atoms with Crippen LogP contribution in [0.5, 0.6) is 0 Å². The van der Waals surface area contributed by atoms with E-state index in [1.54, 1.807) is 6.92 Å². The summed E-state index contributed by atoms with van der Waals surface area (Å²) in [4.78, 5) is 14.9. The Morgan fingerprint density at radius 2 is 1.67 bits per heavy atom. The number of aliphatic hydroxyl groups is 2. The number of aliphatic hydroxyl groups excluding tert-OH is 1. The van der Waals surface area contributed by atoms with Crippen molar-refractivity contribution in [2.24, 2.45) is 11.3 Å². The number of carbonyl (C=O) groups is 1. The molecule has 0 amide bonds. The molecule has 0 aliphatic rings. The number of hydrogen-bond acceptors (Lipinski definition) is 4. The molecular formula is C23H33NO3. The number of ketones is 1. The smallest absolute Gasteiger partial charge is 0.168 e. The van der Waals surface area contributed by atoms with Crippen LogP contribution in [0.15, 0.2) is 36.4 Å². The summed E-state index contributed by atoms with van der Waals surface area (Å²) < 4.78 is 0. The van der Waals surface area contributed by atoms with Gasteiger partial charge in [-0.1, -0.05) is 45.9 Å². The van der Waals surface area contributed by atoms with Crippen molar-refractivity contribution in [2.45, 2.75) is 46.6 Å². The molecule has 0 fully saturated rings. The topological polar surface area (TPSA) is 60.8 Å². The van der Waals surface area contributed by atoms with Gasteiger partial charge in [-0.2, -0.15) is 0 Å². The van der Waals surface area contributed by atoms with Crippen molar-refractivity contribution in [3.8, 4) is 0 Å². The minimum Gasteiger partial charge on any atom is -0.393 e. The highest BCUT2D eigenvalue weighted by molar-refractivity contribution is 6.03. The van der Waals surface area contributed by atoms with Crippen LogP contribution in [0.25, 0.3) is 10.8 Å². The van der Waals surface area contributed by atoms with Crippen LogP contribution >= 0.6 is 0 Å². The lowest BCUT2D eigenvalue weighted by Crippen LogP contribution is -2.42. The molecule has 27 heavy (non-hydrogen) atoms. The molecule has 148 valence electrons. The lowest BCUT2D eigenvalue weighted by Gasteiger charge is -2.29. The minimum absolute atomic E-state index is 0.179. The van der Waals surface area contributed by atoms with Gasteiger partial charge in [0.25, 0.3) is 0 Å². The molecule has 0 aromatic heterocycles. The van der Waals surface area contributed by atoms with Gasteiger partial charge in [0, 0.05) is 30.3 Å². The Balaban J connectivity index is 2.28. The van der Waals surface area contributed by atoms with E-state index in [4.69, 9.17) is 0 Å². The average Bonchev–Trinajstić information content (AvgIpc) is 2.58. The minimum atomic E-state index is -1.15. The standard InChI is InChI=1S/C23H33NO3/c1-16(2)13-22(3,4)21(26)19-8-7-18-12-20(10-9-17(18)11-19)24(6)14-23(5,27)15-25/h7-12,16,25,27H,13-15H2,1-6H3. The number of rotatable bonds is 8. The highest BCUT2D eigenvalue weighted by atomic mass is 16.3. The molecule has 4 nitrogen and oxygen atoms in total. The van der Waals surface area contributed by atoms with Gasteiger partial charge in [0.05, 0.1) is 6.61 Å². The second-order valence-corrected chi connectivity index (χ2v) is 9.07. The van der Waals surface area contributed by atoms with Gasteiger partial charge in [0.1, 0.15) is 5.60 Å². The third kappa shape index (κ3) is 5.30. The van der Waals surface area contributed by atoms with Crippen molar-refractivity contribution in [1.82, 2.24) is 0 Å². The zero-order valence-corrected chi connectivity index (χ0v) is 17.4. The summed E-state index contributed by atoms with van der Waals surface area (Å²) in [5.41, 5.74) is 0.174. The number of fused-ring (bicyclic) bond motifs is 1. The molecule has 0 saturated heterocycles. The SMILES string of the molecule is CC(C)CC(C)(C)C(=O)c1ccc2cc(N(C)CC(C)(O)CO)ccc2c1. The van der Waals surface area contributed by atoms with Gasteiger partial charge in [-0.15, -0.1) is 0 Å². The van der Waals surface area contributed by atoms with E-state index in [1.807, 2.05) is 62.2 Å². The molecule has 0 bridgehead atoms. The zero-order valence-electron chi connectivity index (χ0n) is 17.4.